The highest BCUT2D eigenvalue weighted by Crippen LogP contribution is 2.32. The van der Waals surface area contributed by atoms with Gasteiger partial charge in [0.25, 0.3) is 0 Å². The van der Waals surface area contributed by atoms with E-state index in [1.54, 1.807) is 6.07 Å². The molecule has 0 spiro atoms. The number of benzene rings is 2. The number of carbonyl (C=O) groups is 1. The maximum Gasteiger partial charge on any atom is 0.308 e. The van der Waals surface area contributed by atoms with Gasteiger partial charge in [-0.05, 0) is 30.7 Å². The molecule has 0 fully saturated rings. The molecule has 1 heterocycles. The highest BCUT2D eigenvalue weighted by atomic mass is 32.1. The quantitative estimate of drug-likeness (QED) is 0.389. The van der Waals surface area contributed by atoms with E-state index in [9.17, 15) is 9.59 Å². The smallest absolute Gasteiger partial charge is 0.308 e. The molecule has 0 saturated heterocycles. The molecule has 0 radical (unpaired) electrons. The molecule has 0 saturated carbocycles. The van der Waals surface area contributed by atoms with Crippen LogP contribution in [0.1, 0.15) is 12.5 Å². The van der Waals surface area contributed by atoms with Gasteiger partial charge in [-0.25, -0.2) is 0 Å². The van der Waals surface area contributed by atoms with Crippen molar-refractivity contribution in [3.63, 3.8) is 0 Å². The van der Waals surface area contributed by atoms with Gasteiger partial charge in [0.1, 0.15) is 5.75 Å². The Labute approximate surface area is 119 Å². The standard InChI is InChI=1S/C16H12O3S/c1-9-7-8-13-14(16(9)19-10(2)17)15(18)11-5-3-4-6-12(11)20-13/h3-8H,1-2H3. The third-order valence-corrected chi connectivity index (χ3v) is 4.28. The van der Waals surface area contributed by atoms with Crippen molar-refractivity contribution in [2.45, 2.75) is 13.8 Å². The van der Waals surface area contributed by atoms with E-state index in [2.05, 4.69) is 0 Å². The first-order valence-electron chi connectivity index (χ1n) is 6.21. The molecule has 0 unspecified atom stereocenters. The predicted molar refractivity (Wildman–Crippen MR) is 81.6 cm³/mol. The van der Waals surface area contributed by atoms with Crippen LogP contribution in [0.4, 0.5) is 0 Å². The van der Waals surface area contributed by atoms with Gasteiger partial charge in [-0.2, -0.15) is 0 Å². The third-order valence-electron chi connectivity index (χ3n) is 3.14. The monoisotopic (exact) mass is 284 g/mol. The van der Waals surface area contributed by atoms with Gasteiger partial charge in [0, 0.05) is 21.7 Å². The van der Waals surface area contributed by atoms with Gasteiger partial charge >= 0.3 is 5.97 Å². The van der Waals surface area contributed by atoms with Crippen LogP contribution in [0, 0.1) is 6.92 Å². The van der Waals surface area contributed by atoms with Crippen molar-refractivity contribution < 1.29 is 9.53 Å². The first-order chi connectivity index (χ1) is 9.58. The van der Waals surface area contributed by atoms with Crippen LogP contribution in [0.5, 0.6) is 5.75 Å². The zero-order valence-electron chi connectivity index (χ0n) is 11.1. The van der Waals surface area contributed by atoms with Crippen LogP contribution in [-0.2, 0) is 4.79 Å². The molecule has 3 rings (SSSR count). The highest BCUT2D eigenvalue weighted by Gasteiger charge is 2.14. The molecule has 1 aromatic heterocycles. The zero-order valence-corrected chi connectivity index (χ0v) is 11.9. The first kappa shape index (κ1) is 12.8. The van der Waals surface area contributed by atoms with Crippen molar-refractivity contribution in [2.75, 3.05) is 0 Å². The van der Waals surface area contributed by atoms with E-state index in [1.165, 1.54) is 18.3 Å². The SMILES string of the molecule is CC(=O)Oc1c(C)ccc2sc3ccccc3c(=O)c12. The second-order valence-corrected chi connectivity index (χ2v) is 5.69. The fourth-order valence-corrected chi connectivity index (χ4v) is 3.32. The Balaban J connectivity index is 2.50. The van der Waals surface area contributed by atoms with Crippen molar-refractivity contribution in [3.8, 4) is 5.75 Å². The van der Waals surface area contributed by atoms with Gasteiger partial charge in [-0.15, -0.1) is 11.3 Å². The highest BCUT2D eigenvalue weighted by molar-refractivity contribution is 7.24. The summed E-state index contributed by atoms with van der Waals surface area (Å²) in [6.07, 6.45) is 0. The number of ether oxygens (including phenoxy) is 1. The van der Waals surface area contributed by atoms with E-state index < -0.39 is 5.97 Å². The van der Waals surface area contributed by atoms with Crippen LogP contribution in [0.3, 0.4) is 0 Å². The summed E-state index contributed by atoms with van der Waals surface area (Å²) in [5.41, 5.74) is 0.696. The number of carbonyl (C=O) groups excluding carboxylic acids is 1. The van der Waals surface area contributed by atoms with E-state index in [0.717, 1.165) is 15.0 Å². The molecule has 0 bridgehead atoms. The molecule has 0 amide bonds. The minimum absolute atomic E-state index is 0.0886. The van der Waals surface area contributed by atoms with Gasteiger partial charge in [-0.1, -0.05) is 18.2 Å². The minimum Gasteiger partial charge on any atom is -0.426 e. The number of aryl methyl sites for hydroxylation is 1. The van der Waals surface area contributed by atoms with E-state index >= 15 is 0 Å². The Morgan fingerprint density at radius 1 is 1.10 bits per heavy atom. The Morgan fingerprint density at radius 2 is 1.85 bits per heavy atom. The van der Waals surface area contributed by atoms with Gasteiger partial charge in [-0.3, -0.25) is 9.59 Å². The van der Waals surface area contributed by atoms with Crippen LogP contribution in [-0.4, -0.2) is 5.97 Å². The summed E-state index contributed by atoms with van der Waals surface area (Å²) in [5, 5.41) is 1.15. The topological polar surface area (TPSA) is 43.4 Å². The lowest BCUT2D eigenvalue weighted by Gasteiger charge is -2.09. The van der Waals surface area contributed by atoms with Crippen molar-refractivity contribution in [1.29, 1.82) is 0 Å². The first-order valence-corrected chi connectivity index (χ1v) is 7.03. The second-order valence-electron chi connectivity index (χ2n) is 4.61. The molecular weight excluding hydrogens is 272 g/mol. The average molecular weight is 284 g/mol. The predicted octanol–water partition coefficient (Wildman–Crippen LogP) is 3.65. The number of esters is 1. The molecule has 0 atom stereocenters. The fourth-order valence-electron chi connectivity index (χ4n) is 2.24. The average Bonchev–Trinajstić information content (AvgIpc) is 2.42. The summed E-state index contributed by atoms with van der Waals surface area (Å²) in [5.74, 6) is -0.0415. The van der Waals surface area contributed by atoms with Gasteiger partial charge in [0.15, 0.2) is 5.43 Å². The van der Waals surface area contributed by atoms with Gasteiger partial charge in [0.2, 0.25) is 0 Å². The Hall–Kier alpha value is -2.20. The van der Waals surface area contributed by atoms with Crippen LogP contribution >= 0.6 is 11.3 Å². The van der Waals surface area contributed by atoms with Crippen LogP contribution < -0.4 is 10.2 Å². The molecule has 100 valence electrons. The van der Waals surface area contributed by atoms with Crippen molar-refractivity contribution in [3.05, 3.63) is 52.2 Å². The van der Waals surface area contributed by atoms with Crippen LogP contribution in [0.25, 0.3) is 20.2 Å². The molecule has 0 aliphatic heterocycles. The summed E-state index contributed by atoms with van der Waals surface area (Å²) >= 11 is 1.52. The van der Waals surface area contributed by atoms with E-state index in [0.29, 0.717) is 16.5 Å². The lowest BCUT2D eigenvalue weighted by atomic mass is 10.1. The lowest BCUT2D eigenvalue weighted by molar-refractivity contribution is -0.131. The third kappa shape index (κ3) is 1.98. The lowest BCUT2D eigenvalue weighted by Crippen LogP contribution is -2.08. The molecule has 0 N–H and O–H groups in total. The summed E-state index contributed by atoms with van der Waals surface area (Å²) in [6, 6.07) is 11.2. The number of rotatable bonds is 1. The molecule has 3 aromatic rings. The number of fused-ring (bicyclic) bond motifs is 2. The largest absolute Gasteiger partial charge is 0.426 e. The molecule has 4 heteroatoms. The molecular formula is C16H12O3S. The Bertz CT molecular complexity index is 893. The molecule has 2 aromatic carbocycles. The van der Waals surface area contributed by atoms with E-state index in [1.807, 2.05) is 37.3 Å². The molecule has 0 aliphatic rings. The van der Waals surface area contributed by atoms with Crippen molar-refractivity contribution in [1.82, 2.24) is 0 Å². The summed E-state index contributed by atoms with van der Waals surface area (Å²) < 4.78 is 7.02. The molecule has 3 nitrogen and oxygen atoms in total. The number of hydrogen-bond acceptors (Lipinski definition) is 4. The summed E-state index contributed by atoms with van der Waals surface area (Å²) in [7, 11) is 0. The minimum atomic E-state index is -0.418. The van der Waals surface area contributed by atoms with Crippen LogP contribution in [0.2, 0.25) is 0 Å². The maximum atomic E-state index is 12.7. The zero-order chi connectivity index (χ0) is 14.3. The van der Waals surface area contributed by atoms with Crippen molar-refractivity contribution >= 4 is 37.5 Å². The summed E-state index contributed by atoms with van der Waals surface area (Å²) in [4.78, 5) is 23.9. The van der Waals surface area contributed by atoms with Gasteiger partial charge < -0.3 is 4.74 Å². The normalized spacial score (nSPS) is 10.9. The van der Waals surface area contributed by atoms with E-state index in [-0.39, 0.29) is 5.43 Å². The molecule has 0 aliphatic carbocycles. The van der Waals surface area contributed by atoms with Gasteiger partial charge in [0.05, 0.1) is 5.39 Å². The van der Waals surface area contributed by atoms with E-state index in [4.69, 9.17) is 4.74 Å². The summed E-state index contributed by atoms with van der Waals surface area (Å²) in [6.45, 7) is 3.17. The fraction of sp³-hybridized carbons (Fsp3) is 0.125. The Morgan fingerprint density at radius 3 is 2.60 bits per heavy atom. The second kappa shape index (κ2) is 4.72. The van der Waals surface area contributed by atoms with Crippen LogP contribution in [0.15, 0.2) is 41.2 Å². The Kier molecular flexibility index (Phi) is 3.03. The van der Waals surface area contributed by atoms with Crippen molar-refractivity contribution in [2.24, 2.45) is 0 Å². The number of hydrogen-bond donors (Lipinski definition) is 0. The molecule has 20 heavy (non-hydrogen) atoms. The maximum absolute atomic E-state index is 12.7.